The Hall–Kier alpha value is -0.830. The first-order chi connectivity index (χ1) is 9.08. The molecule has 1 N–H and O–H groups in total. The topological polar surface area (TPSA) is 20.2 Å². The van der Waals surface area contributed by atoms with Crippen molar-refractivity contribution in [3.05, 3.63) is 69.2 Å². The van der Waals surface area contributed by atoms with Crippen LogP contribution >= 0.6 is 27.5 Å². The lowest BCUT2D eigenvalue weighted by molar-refractivity contribution is 0.149. The predicted octanol–water partition coefficient (Wildman–Crippen LogP) is 4.81. The first-order valence-corrected chi connectivity index (χ1v) is 7.42. The highest BCUT2D eigenvalue weighted by atomic mass is 79.9. The van der Waals surface area contributed by atoms with Gasteiger partial charge in [0.1, 0.15) is 0 Å². The second-order valence-electron chi connectivity index (χ2n) is 4.71. The van der Waals surface area contributed by atoms with Gasteiger partial charge in [0.15, 0.2) is 0 Å². The van der Waals surface area contributed by atoms with Crippen molar-refractivity contribution in [1.29, 1.82) is 0 Å². The molecule has 0 aliphatic heterocycles. The van der Waals surface area contributed by atoms with Crippen molar-refractivity contribution in [2.75, 3.05) is 0 Å². The molecule has 2 rings (SSSR count). The summed E-state index contributed by atoms with van der Waals surface area (Å²) in [6.07, 6.45) is 0.114. The van der Waals surface area contributed by atoms with Crippen LogP contribution in [0.3, 0.4) is 0 Å². The zero-order chi connectivity index (χ0) is 13.8. The molecule has 0 fully saturated rings. The minimum absolute atomic E-state index is 0.0842. The number of aliphatic hydroxyl groups is 1. The molecule has 19 heavy (non-hydrogen) atoms. The van der Waals surface area contributed by atoms with Gasteiger partial charge in [0.2, 0.25) is 0 Å². The fourth-order valence-electron chi connectivity index (χ4n) is 2.07. The smallest absolute Gasteiger partial charge is 0.0646 e. The summed E-state index contributed by atoms with van der Waals surface area (Å²) in [5.74, 6) is 0.0842. The summed E-state index contributed by atoms with van der Waals surface area (Å²) in [6, 6.07) is 15.8. The van der Waals surface area contributed by atoms with E-state index in [1.54, 1.807) is 0 Å². The zero-order valence-electron chi connectivity index (χ0n) is 10.7. The lowest BCUT2D eigenvalue weighted by atomic mass is 9.91. The molecule has 0 bridgehead atoms. The van der Waals surface area contributed by atoms with E-state index in [9.17, 15) is 5.11 Å². The van der Waals surface area contributed by atoms with Crippen molar-refractivity contribution < 1.29 is 5.11 Å². The van der Waals surface area contributed by atoms with E-state index >= 15 is 0 Å². The first kappa shape index (κ1) is 14.6. The summed E-state index contributed by atoms with van der Waals surface area (Å²) < 4.78 is 0.951. The maximum Gasteiger partial charge on any atom is 0.0646 e. The molecule has 2 aromatic rings. The van der Waals surface area contributed by atoms with Gasteiger partial charge < -0.3 is 5.11 Å². The van der Waals surface area contributed by atoms with E-state index in [0.29, 0.717) is 11.4 Å². The number of halogens is 2. The van der Waals surface area contributed by atoms with E-state index in [1.807, 2.05) is 55.5 Å². The second-order valence-corrected chi connectivity index (χ2v) is 6.03. The van der Waals surface area contributed by atoms with E-state index in [1.165, 1.54) is 0 Å². The van der Waals surface area contributed by atoms with Gasteiger partial charge in [-0.05, 0) is 23.3 Å². The van der Waals surface area contributed by atoms with Gasteiger partial charge in [-0.1, -0.05) is 70.9 Å². The van der Waals surface area contributed by atoms with Crippen LogP contribution in [0.4, 0.5) is 0 Å². The standard InChI is InChI=1S/C16H16BrClO/c1-11(12-5-3-2-4-6-12)16(19)9-13-7-8-14(17)10-15(13)18/h2-8,10-11,16,19H,9H2,1H3. The molecule has 0 saturated heterocycles. The van der Waals surface area contributed by atoms with Crippen LogP contribution in [0.1, 0.15) is 24.0 Å². The van der Waals surface area contributed by atoms with Crippen molar-refractivity contribution >= 4 is 27.5 Å². The van der Waals surface area contributed by atoms with Gasteiger partial charge in [-0.25, -0.2) is 0 Å². The molecular formula is C16H16BrClO. The van der Waals surface area contributed by atoms with Gasteiger partial charge in [-0.15, -0.1) is 0 Å². The van der Waals surface area contributed by atoms with Crippen molar-refractivity contribution in [3.63, 3.8) is 0 Å². The van der Waals surface area contributed by atoms with Gasteiger partial charge >= 0.3 is 0 Å². The van der Waals surface area contributed by atoms with Crippen LogP contribution in [0.2, 0.25) is 5.02 Å². The molecule has 2 aromatic carbocycles. The van der Waals surface area contributed by atoms with Crippen LogP contribution in [0.5, 0.6) is 0 Å². The third kappa shape index (κ3) is 3.82. The van der Waals surface area contributed by atoms with Crippen molar-refractivity contribution in [1.82, 2.24) is 0 Å². The van der Waals surface area contributed by atoms with Crippen molar-refractivity contribution in [3.8, 4) is 0 Å². The van der Waals surface area contributed by atoms with Crippen LogP contribution in [0.15, 0.2) is 53.0 Å². The molecule has 2 unspecified atom stereocenters. The average Bonchev–Trinajstić information content (AvgIpc) is 2.42. The molecule has 0 aliphatic rings. The summed E-state index contributed by atoms with van der Waals surface area (Å²) in [4.78, 5) is 0. The lowest BCUT2D eigenvalue weighted by Gasteiger charge is -2.20. The molecular weight excluding hydrogens is 324 g/mol. The fourth-order valence-corrected chi connectivity index (χ4v) is 2.82. The van der Waals surface area contributed by atoms with Gasteiger partial charge in [-0.3, -0.25) is 0 Å². The Morgan fingerprint density at radius 3 is 2.47 bits per heavy atom. The third-order valence-corrected chi connectivity index (χ3v) is 4.19. The van der Waals surface area contributed by atoms with Crippen molar-refractivity contribution in [2.24, 2.45) is 0 Å². The largest absolute Gasteiger partial charge is 0.392 e. The summed E-state index contributed by atoms with van der Waals surface area (Å²) >= 11 is 9.56. The first-order valence-electron chi connectivity index (χ1n) is 6.25. The maximum absolute atomic E-state index is 10.3. The Bertz CT molecular complexity index is 542. The van der Waals surface area contributed by atoms with Gasteiger partial charge in [0.05, 0.1) is 6.10 Å². The SMILES string of the molecule is CC(c1ccccc1)C(O)Cc1ccc(Br)cc1Cl. The summed E-state index contributed by atoms with van der Waals surface area (Å²) in [5.41, 5.74) is 2.11. The zero-order valence-corrected chi connectivity index (χ0v) is 13.0. The molecule has 0 saturated carbocycles. The minimum Gasteiger partial charge on any atom is -0.392 e. The minimum atomic E-state index is -0.443. The Kier molecular flexibility index (Phi) is 5.03. The Morgan fingerprint density at radius 1 is 1.16 bits per heavy atom. The second kappa shape index (κ2) is 6.56. The number of aliphatic hydroxyl groups excluding tert-OH is 1. The Morgan fingerprint density at radius 2 is 1.84 bits per heavy atom. The maximum atomic E-state index is 10.3. The molecule has 0 spiro atoms. The number of hydrogen-bond acceptors (Lipinski definition) is 1. The summed E-state index contributed by atoms with van der Waals surface area (Å²) in [6.45, 7) is 2.03. The quantitative estimate of drug-likeness (QED) is 0.847. The van der Waals surface area contributed by atoms with Crippen LogP contribution in [-0.2, 0) is 6.42 Å². The van der Waals surface area contributed by atoms with Crippen LogP contribution in [-0.4, -0.2) is 11.2 Å². The van der Waals surface area contributed by atoms with E-state index in [0.717, 1.165) is 15.6 Å². The molecule has 0 aromatic heterocycles. The molecule has 0 amide bonds. The van der Waals surface area contributed by atoms with E-state index < -0.39 is 6.10 Å². The Balaban J connectivity index is 2.10. The predicted molar refractivity (Wildman–Crippen MR) is 83.7 cm³/mol. The van der Waals surface area contributed by atoms with E-state index in [-0.39, 0.29) is 5.92 Å². The van der Waals surface area contributed by atoms with E-state index in [2.05, 4.69) is 15.9 Å². The van der Waals surface area contributed by atoms with Crippen LogP contribution in [0, 0.1) is 0 Å². The third-order valence-electron chi connectivity index (χ3n) is 3.35. The highest BCUT2D eigenvalue weighted by Crippen LogP contribution is 2.26. The van der Waals surface area contributed by atoms with Gasteiger partial charge in [-0.2, -0.15) is 0 Å². The van der Waals surface area contributed by atoms with Gasteiger partial charge in [0.25, 0.3) is 0 Å². The van der Waals surface area contributed by atoms with Crippen LogP contribution in [0.25, 0.3) is 0 Å². The normalized spacial score (nSPS) is 14.1. The molecule has 2 atom stereocenters. The van der Waals surface area contributed by atoms with Crippen molar-refractivity contribution in [2.45, 2.75) is 25.4 Å². The Labute approximate surface area is 127 Å². The highest BCUT2D eigenvalue weighted by molar-refractivity contribution is 9.10. The molecule has 0 aliphatic carbocycles. The molecule has 3 heteroatoms. The molecule has 0 radical (unpaired) electrons. The monoisotopic (exact) mass is 338 g/mol. The highest BCUT2D eigenvalue weighted by Gasteiger charge is 2.17. The number of hydrogen-bond donors (Lipinski definition) is 1. The molecule has 0 heterocycles. The average molecular weight is 340 g/mol. The van der Waals surface area contributed by atoms with Crippen LogP contribution < -0.4 is 0 Å². The number of rotatable bonds is 4. The summed E-state index contributed by atoms with van der Waals surface area (Å²) in [7, 11) is 0. The number of benzene rings is 2. The van der Waals surface area contributed by atoms with Gasteiger partial charge in [0, 0.05) is 21.8 Å². The summed E-state index contributed by atoms with van der Waals surface area (Å²) in [5, 5.41) is 11.0. The fraction of sp³-hybridized carbons (Fsp3) is 0.250. The van der Waals surface area contributed by atoms with E-state index in [4.69, 9.17) is 11.6 Å². The molecule has 100 valence electrons. The molecule has 1 nitrogen and oxygen atoms in total. The lowest BCUT2D eigenvalue weighted by Crippen LogP contribution is -2.18.